The van der Waals surface area contributed by atoms with Gasteiger partial charge in [-0.25, -0.2) is 13.1 Å². The van der Waals surface area contributed by atoms with E-state index in [1.807, 2.05) is 0 Å². The maximum absolute atomic E-state index is 11.9. The first kappa shape index (κ1) is 12.9. The minimum absolute atomic E-state index is 0.119. The highest BCUT2D eigenvalue weighted by atomic mass is 32.2. The maximum atomic E-state index is 11.9. The first-order valence-corrected chi connectivity index (χ1v) is 7.95. The molecule has 0 radical (unpaired) electrons. The summed E-state index contributed by atoms with van der Waals surface area (Å²) in [4.78, 5) is 1.27. The first-order chi connectivity index (χ1) is 8.12. The number of benzene rings is 1. The number of aliphatic hydroxyl groups is 1. The van der Waals surface area contributed by atoms with Gasteiger partial charge in [0.05, 0.1) is 11.5 Å². The van der Waals surface area contributed by atoms with E-state index in [-0.39, 0.29) is 12.6 Å². The molecule has 0 heterocycles. The number of hydrogen-bond donors (Lipinski definition) is 2. The molecule has 1 aliphatic carbocycles. The minimum atomic E-state index is -3.34. The molecule has 0 spiro atoms. The topological polar surface area (TPSA) is 66.4 Å². The first-order valence-electron chi connectivity index (χ1n) is 5.48. The number of hydrogen-bond acceptors (Lipinski definition) is 4. The zero-order chi connectivity index (χ0) is 12.3. The number of sulfonamides is 1. The van der Waals surface area contributed by atoms with Gasteiger partial charge in [-0.1, -0.05) is 0 Å². The molecule has 1 aliphatic rings. The standard InChI is InChI=1S/C11H15NO3S2/c13-7-8-16-10-3-5-11(6-4-10)17(14,15)12-9-1-2-9/h3-6,9,12-13H,1-2,7-8H2. The highest BCUT2D eigenvalue weighted by Crippen LogP contribution is 2.23. The van der Waals surface area contributed by atoms with Crippen LogP contribution in [0.4, 0.5) is 0 Å². The molecule has 4 nitrogen and oxygen atoms in total. The van der Waals surface area contributed by atoms with Crippen molar-refractivity contribution in [1.29, 1.82) is 0 Å². The highest BCUT2D eigenvalue weighted by molar-refractivity contribution is 7.99. The SMILES string of the molecule is O=S(=O)(NC1CC1)c1ccc(SCCO)cc1. The Hall–Kier alpha value is -0.560. The van der Waals surface area contributed by atoms with Crippen LogP contribution in [0.25, 0.3) is 0 Å². The van der Waals surface area contributed by atoms with Crippen molar-refractivity contribution >= 4 is 21.8 Å². The van der Waals surface area contributed by atoms with Gasteiger partial charge in [-0.3, -0.25) is 0 Å². The molecule has 0 bridgehead atoms. The summed E-state index contributed by atoms with van der Waals surface area (Å²) >= 11 is 1.50. The van der Waals surface area contributed by atoms with Crippen LogP contribution in [0.5, 0.6) is 0 Å². The van der Waals surface area contributed by atoms with Crippen LogP contribution in [0.3, 0.4) is 0 Å². The monoisotopic (exact) mass is 273 g/mol. The Morgan fingerprint density at radius 2 is 1.94 bits per heavy atom. The molecule has 1 saturated carbocycles. The van der Waals surface area contributed by atoms with Gasteiger partial charge in [0.2, 0.25) is 10.0 Å². The fourth-order valence-electron chi connectivity index (χ4n) is 1.37. The Kier molecular flexibility index (Phi) is 4.09. The molecule has 94 valence electrons. The smallest absolute Gasteiger partial charge is 0.240 e. The Morgan fingerprint density at radius 1 is 1.29 bits per heavy atom. The second kappa shape index (κ2) is 5.39. The van der Waals surface area contributed by atoms with Crippen molar-refractivity contribution in [1.82, 2.24) is 4.72 Å². The summed E-state index contributed by atoms with van der Waals surface area (Å²) in [5, 5.41) is 8.69. The van der Waals surface area contributed by atoms with Gasteiger partial charge in [0.25, 0.3) is 0 Å². The van der Waals surface area contributed by atoms with Crippen LogP contribution < -0.4 is 4.72 Å². The Balaban J connectivity index is 2.05. The highest BCUT2D eigenvalue weighted by Gasteiger charge is 2.27. The lowest BCUT2D eigenvalue weighted by atomic mass is 10.4. The molecule has 0 aliphatic heterocycles. The van der Waals surface area contributed by atoms with E-state index in [0.29, 0.717) is 10.6 Å². The molecular weight excluding hydrogens is 258 g/mol. The van der Waals surface area contributed by atoms with Crippen LogP contribution in [0.1, 0.15) is 12.8 Å². The average Bonchev–Trinajstić information content (AvgIpc) is 3.10. The summed E-state index contributed by atoms with van der Waals surface area (Å²) in [7, 11) is -3.34. The van der Waals surface area contributed by atoms with Crippen molar-refractivity contribution in [3.63, 3.8) is 0 Å². The molecule has 2 rings (SSSR count). The fourth-order valence-corrected chi connectivity index (χ4v) is 3.33. The largest absolute Gasteiger partial charge is 0.396 e. The van der Waals surface area contributed by atoms with Crippen molar-refractivity contribution in [2.45, 2.75) is 28.7 Å². The van der Waals surface area contributed by atoms with Crippen LogP contribution in [-0.2, 0) is 10.0 Å². The van der Waals surface area contributed by atoms with E-state index < -0.39 is 10.0 Å². The van der Waals surface area contributed by atoms with Gasteiger partial charge < -0.3 is 5.11 Å². The van der Waals surface area contributed by atoms with Gasteiger partial charge >= 0.3 is 0 Å². The Bertz CT molecular complexity index is 466. The van der Waals surface area contributed by atoms with Gasteiger partial charge in [-0.2, -0.15) is 0 Å². The van der Waals surface area contributed by atoms with Crippen LogP contribution in [-0.4, -0.2) is 31.9 Å². The molecule has 2 N–H and O–H groups in total. The van der Waals surface area contributed by atoms with Gasteiger partial charge in [-0.15, -0.1) is 11.8 Å². The number of rotatable bonds is 6. The van der Waals surface area contributed by atoms with Crippen LogP contribution >= 0.6 is 11.8 Å². The molecule has 0 unspecified atom stereocenters. The lowest BCUT2D eigenvalue weighted by Gasteiger charge is -2.06. The van der Waals surface area contributed by atoms with Crippen molar-refractivity contribution in [2.24, 2.45) is 0 Å². The Morgan fingerprint density at radius 3 is 2.47 bits per heavy atom. The summed E-state index contributed by atoms with van der Waals surface area (Å²) in [5.74, 6) is 0.617. The number of nitrogens with one attached hydrogen (secondary N) is 1. The average molecular weight is 273 g/mol. The van der Waals surface area contributed by atoms with E-state index in [0.717, 1.165) is 17.7 Å². The van der Waals surface area contributed by atoms with Crippen molar-refractivity contribution in [3.8, 4) is 0 Å². The third-order valence-electron chi connectivity index (χ3n) is 2.39. The summed E-state index contributed by atoms with van der Waals surface area (Å²) < 4.78 is 26.3. The molecule has 0 amide bonds. The second-order valence-electron chi connectivity index (χ2n) is 3.94. The summed E-state index contributed by atoms with van der Waals surface area (Å²) in [5.41, 5.74) is 0. The van der Waals surface area contributed by atoms with E-state index in [1.165, 1.54) is 11.8 Å². The van der Waals surface area contributed by atoms with Gasteiger partial charge in [0.15, 0.2) is 0 Å². The molecule has 0 aromatic heterocycles. The lowest BCUT2D eigenvalue weighted by Crippen LogP contribution is -2.25. The summed E-state index contributed by atoms with van der Waals surface area (Å²) in [6.45, 7) is 0.119. The summed E-state index contributed by atoms with van der Waals surface area (Å²) in [6, 6.07) is 6.86. The van der Waals surface area contributed by atoms with E-state index >= 15 is 0 Å². The third kappa shape index (κ3) is 3.70. The van der Waals surface area contributed by atoms with Gasteiger partial charge in [0.1, 0.15) is 0 Å². The quantitative estimate of drug-likeness (QED) is 0.765. The Labute approximate surface area is 105 Å². The summed E-state index contributed by atoms with van der Waals surface area (Å²) in [6.07, 6.45) is 1.87. The maximum Gasteiger partial charge on any atom is 0.240 e. The number of thioether (sulfide) groups is 1. The molecule has 0 saturated heterocycles. The number of aliphatic hydroxyl groups excluding tert-OH is 1. The minimum Gasteiger partial charge on any atom is -0.396 e. The molecule has 1 aromatic rings. The second-order valence-corrected chi connectivity index (χ2v) is 6.82. The zero-order valence-electron chi connectivity index (χ0n) is 9.30. The lowest BCUT2D eigenvalue weighted by molar-refractivity contribution is 0.322. The molecule has 6 heteroatoms. The molecule has 1 aromatic carbocycles. The van der Waals surface area contributed by atoms with Crippen molar-refractivity contribution in [2.75, 3.05) is 12.4 Å². The van der Waals surface area contributed by atoms with E-state index in [1.54, 1.807) is 24.3 Å². The van der Waals surface area contributed by atoms with E-state index in [4.69, 9.17) is 5.11 Å². The fraction of sp³-hybridized carbons (Fsp3) is 0.455. The van der Waals surface area contributed by atoms with E-state index in [9.17, 15) is 8.42 Å². The van der Waals surface area contributed by atoms with Gasteiger partial charge in [0, 0.05) is 16.7 Å². The predicted octanol–water partition coefficient (Wildman–Crippen LogP) is 1.21. The molecule has 17 heavy (non-hydrogen) atoms. The molecule has 0 atom stereocenters. The predicted molar refractivity (Wildman–Crippen MR) is 67.6 cm³/mol. The van der Waals surface area contributed by atoms with Crippen LogP contribution in [0, 0.1) is 0 Å². The van der Waals surface area contributed by atoms with Crippen LogP contribution in [0.2, 0.25) is 0 Å². The van der Waals surface area contributed by atoms with Crippen LogP contribution in [0.15, 0.2) is 34.1 Å². The van der Waals surface area contributed by atoms with E-state index in [2.05, 4.69) is 4.72 Å². The van der Waals surface area contributed by atoms with Crippen molar-refractivity contribution < 1.29 is 13.5 Å². The normalized spacial score (nSPS) is 16.1. The molecule has 1 fully saturated rings. The molecular formula is C11H15NO3S2. The van der Waals surface area contributed by atoms with Crippen molar-refractivity contribution in [3.05, 3.63) is 24.3 Å². The van der Waals surface area contributed by atoms with Gasteiger partial charge in [-0.05, 0) is 37.1 Å². The third-order valence-corrected chi connectivity index (χ3v) is 4.92. The zero-order valence-corrected chi connectivity index (χ0v) is 10.9.